The van der Waals surface area contributed by atoms with E-state index in [4.69, 9.17) is 4.74 Å². The Kier molecular flexibility index (Phi) is 5.02. The third-order valence-corrected chi connectivity index (χ3v) is 3.58. The van der Waals surface area contributed by atoms with E-state index in [9.17, 15) is 0 Å². The summed E-state index contributed by atoms with van der Waals surface area (Å²) in [6.07, 6.45) is 2.44. The van der Waals surface area contributed by atoms with Gasteiger partial charge >= 0.3 is 0 Å². The van der Waals surface area contributed by atoms with Crippen LogP contribution in [-0.4, -0.2) is 39.4 Å². The lowest BCUT2D eigenvalue weighted by Crippen LogP contribution is -2.47. The van der Waals surface area contributed by atoms with Crippen molar-refractivity contribution in [3.8, 4) is 0 Å². The Morgan fingerprint density at radius 2 is 2.22 bits per heavy atom. The molecule has 2 rings (SSSR count). The second-order valence-corrected chi connectivity index (χ2v) is 4.84. The van der Waals surface area contributed by atoms with Crippen molar-refractivity contribution in [3.05, 3.63) is 29.8 Å². The summed E-state index contributed by atoms with van der Waals surface area (Å²) in [5.41, 5.74) is 2.87. The first-order chi connectivity index (χ1) is 8.86. The van der Waals surface area contributed by atoms with Gasteiger partial charge in [-0.2, -0.15) is 0 Å². The fraction of sp³-hybridized carbons (Fsp3) is 0.600. The van der Waals surface area contributed by atoms with Gasteiger partial charge in [-0.3, -0.25) is 0 Å². The van der Waals surface area contributed by atoms with E-state index >= 15 is 0 Å². The average Bonchev–Trinajstić information content (AvgIpc) is 2.43. The van der Waals surface area contributed by atoms with E-state index in [0.717, 1.165) is 26.2 Å². The zero-order valence-electron chi connectivity index (χ0n) is 11.5. The Morgan fingerprint density at radius 3 is 3.00 bits per heavy atom. The summed E-state index contributed by atoms with van der Waals surface area (Å²) in [4.78, 5) is 2.50. The van der Waals surface area contributed by atoms with E-state index in [1.165, 1.54) is 24.1 Å². The van der Waals surface area contributed by atoms with Crippen LogP contribution in [0.2, 0.25) is 0 Å². The highest BCUT2D eigenvalue weighted by Crippen LogP contribution is 2.28. The first kappa shape index (κ1) is 13.4. The zero-order valence-corrected chi connectivity index (χ0v) is 11.5. The Labute approximate surface area is 110 Å². The Balaban J connectivity index is 2.15. The van der Waals surface area contributed by atoms with E-state index < -0.39 is 0 Å². The predicted octanol–water partition coefficient (Wildman–Crippen LogP) is 2.06. The van der Waals surface area contributed by atoms with Crippen molar-refractivity contribution in [3.63, 3.8) is 0 Å². The SMILES string of the molecule is CCNCC(COC)N1CCCc2ccccc21. The number of rotatable bonds is 6. The van der Waals surface area contributed by atoms with Crippen molar-refractivity contribution in [1.82, 2.24) is 5.32 Å². The maximum atomic E-state index is 5.39. The number of hydrogen-bond acceptors (Lipinski definition) is 3. The van der Waals surface area contributed by atoms with Crippen LogP contribution in [0.25, 0.3) is 0 Å². The summed E-state index contributed by atoms with van der Waals surface area (Å²) in [6, 6.07) is 9.19. The van der Waals surface area contributed by atoms with Gasteiger partial charge in [-0.1, -0.05) is 25.1 Å². The molecule has 1 atom stereocenters. The summed E-state index contributed by atoms with van der Waals surface area (Å²) in [6.45, 7) is 6.06. The van der Waals surface area contributed by atoms with Gasteiger partial charge in [0.25, 0.3) is 0 Å². The van der Waals surface area contributed by atoms with Gasteiger partial charge < -0.3 is 15.0 Å². The van der Waals surface area contributed by atoms with Crippen molar-refractivity contribution in [2.75, 3.05) is 38.3 Å². The summed E-state index contributed by atoms with van der Waals surface area (Å²) in [5, 5.41) is 3.44. The van der Waals surface area contributed by atoms with Gasteiger partial charge in [0.2, 0.25) is 0 Å². The number of likely N-dealkylation sites (N-methyl/N-ethyl adjacent to an activating group) is 1. The van der Waals surface area contributed by atoms with Gasteiger partial charge in [0, 0.05) is 25.9 Å². The third-order valence-electron chi connectivity index (χ3n) is 3.58. The molecule has 0 saturated carbocycles. The molecule has 1 N–H and O–H groups in total. The number of hydrogen-bond donors (Lipinski definition) is 1. The number of benzene rings is 1. The number of nitrogens with zero attached hydrogens (tertiary/aromatic N) is 1. The molecule has 0 bridgehead atoms. The molecule has 100 valence electrons. The molecule has 0 aromatic heterocycles. The number of nitrogens with one attached hydrogen (secondary N) is 1. The average molecular weight is 248 g/mol. The molecule has 0 fully saturated rings. The molecule has 1 aliphatic heterocycles. The van der Waals surface area contributed by atoms with Crippen LogP contribution < -0.4 is 10.2 Å². The number of ether oxygens (including phenoxy) is 1. The van der Waals surface area contributed by atoms with Crippen molar-refractivity contribution >= 4 is 5.69 Å². The van der Waals surface area contributed by atoms with E-state index in [0.29, 0.717) is 6.04 Å². The molecule has 1 aliphatic rings. The van der Waals surface area contributed by atoms with Crippen molar-refractivity contribution in [2.45, 2.75) is 25.8 Å². The van der Waals surface area contributed by atoms with Crippen LogP contribution in [-0.2, 0) is 11.2 Å². The minimum absolute atomic E-state index is 0.427. The van der Waals surface area contributed by atoms with Crippen molar-refractivity contribution < 1.29 is 4.74 Å². The fourth-order valence-corrected chi connectivity index (χ4v) is 2.70. The molecule has 3 nitrogen and oxygen atoms in total. The summed E-state index contributed by atoms with van der Waals surface area (Å²) < 4.78 is 5.39. The van der Waals surface area contributed by atoms with Crippen LogP contribution in [0, 0.1) is 0 Å². The van der Waals surface area contributed by atoms with Gasteiger partial charge in [-0.05, 0) is 31.0 Å². The topological polar surface area (TPSA) is 24.5 Å². The van der Waals surface area contributed by atoms with Crippen LogP contribution in [0.3, 0.4) is 0 Å². The first-order valence-electron chi connectivity index (χ1n) is 6.91. The van der Waals surface area contributed by atoms with Crippen molar-refractivity contribution in [2.24, 2.45) is 0 Å². The number of aryl methyl sites for hydroxylation is 1. The third kappa shape index (κ3) is 3.03. The highest BCUT2D eigenvalue weighted by molar-refractivity contribution is 5.56. The number of fused-ring (bicyclic) bond motifs is 1. The molecule has 0 spiro atoms. The lowest BCUT2D eigenvalue weighted by Gasteiger charge is -2.37. The Morgan fingerprint density at radius 1 is 1.39 bits per heavy atom. The maximum Gasteiger partial charge on any atom is 0.0678 e. The van der Waals surface area contributed by atoms with Crippen LogP contribution >= 0.6 is 0 Å². The molecular formula is C15H24N2O. The van der Waals surface area contributed by atoms with Crippen LogP contribution in [0.15, 0.2) is 24.3 Å². The first-order valence-corrected chi connectivity index (χ1v) is 6.91. The largest absolute Gasteiger partial charge is 0.383 e. The minimum Gasteiger partial charge on any atom is -0.383 e. The lowest BCUT2D eigenvalue weighted by molar-refractivity contribution is 0.174. The smallest absolute Gasteiger partial charge is 0.0678 e. The predicted molar refractivity (Wildman–Crippen MR) is 76.3 cm³/mol. The van der Waals surface area contributed by atoms with Crippen LogP contribution in [0.5, 0.6) is 0 Å². The van der Waals surface area contributed by atoms with Gasteiger partial charge in [-0.25, -0.2) is 0 Å². The molecular weight excluding hydrogens is 224 g/mol. The minimum atomic E-state index is 0.427. The van der Waals surface area contributed by atoms with E-state index in [-0.39, 0.29) is 0 Å². The molecule has 1 aromatic carbocycles. The second-order valence-electron chi connectivity index (χ2n) is 4.84. The fourth-order valence-electron chi connectivity index (χ4n) is 2.70. The number of methoxy groups -OCH3 is 1. The highest BCUT2D eigenvalue weighted by Gasteiger charge is 2.23. The molecule has 0 aliphatic carbocycles. The lowest BCUT2D eigenvalue weighted by atomic mass is 10.00. The molecule has 0 amide bonds. The second kappa shape index (κ2) is 6.76. The standard InChI is InChI=1S/C15H24N2O/c1-3-16-11-14(12-18-2)17-10-6-8-13-7-4-5-9-15(13)17/h4-5,7,9,14,16H,3,6,8,10-12H2,1-2H3. The Bertz CT molecular complexity index is 367. The van der Waals surface area contributed by atoms with Gasteiger partial charge in [0.1, 0.15) is 0 Å². The normalized spacial score (nSPS) is 16.4. The monoisotopic (exact) mass is 248 g/mol. The quantitative estimate of drug-likeness (QED) is 0.834. The maximum absolute atomic E-state index is 5.39. The molecule has 18 heavy (non-hydrogen) atoms. The summed E-state index contributed by atoms with van der Waals surface area (Å²) in [7, 11) is 1.79. The van der Waals surface area contributed by atoms with Gasteiger partial charge in [0.15, 0.2) is 0 Å². The zero-order chi connectivity index (χ0) is 12.8. The van der Waals surface area contributed by atoms with Crippen LogP contribution in [0.1, 0.15) is 18.9 Å². The molecule has 1 aromatic rings. The Hall–Kier alpha value is -1.06. The number of anilines is 1. The van der Waals surface area contributed by atoms with E-state index in [2.05, 4.69) is 41.4 Å². The van der Waals surface area contributed by atoms with Crippen LogP contribution in [0.4, 0.5) is 5.69 Å². The van der Waals surface area contributed by atoms with E-state index in [1.807, 2.05) is 0 Å². The molecule has 1 unspecified atom stereocenters. The number of para-hydroxylation sites is 1. The summed E-state index contributed by atoms with van der Waals surface area (Å²) >= 11 is 0. The molecule has 1 heterocycles. The molecule has 3 heteroatoms. The molecule has 0 radical (unpaired) electrons. The molecule has 0 saturated heterocycles. The summed E-state index contributed by atoms with van der Waals surface area (Å²) in [5.74, 6) is 0. The van der Waals surface area contributed by atoms with E-state index in [1.54, 1.807) is 7.11 Å². The van der Waals surface area contributed by atoms with Crippen molar-refractivity contribution in [1.29, 1.82) is 0 Å². The highest BCUT2D eigenvalue weighted by atomic mass is 16.5. The van der Waals surface area contributed by atoms with Gasteiger partial charge in [-0.15, -0.1) is 0 Å². The van der Waals surface area contributed by atoms with Gasteiger partial charge in [0.05, 0.1) is 12.6 Å².